The maximum atomic E-state index is 11.0. The average molecular weight is 256 g/mol. The molecular weight excluding hydrogens is 246 g/mol. The molecule has 0 aliphatic heterocycles. The molecule has 0 amide bonds. The number of hydrogen-bond donors (Lipinski definition) is 1. The van der Waals surface area contributed by atoms with Crippen molar-refractivity contribution >= 4 is 27.5 Å². The van der Waals surface area contributed by atoms with Gasteiger partial charge >= 0.3 is 5.97 Å². The molecular formula is C14H10NO2S+. The van der Waals surface area contributed by atoms with Gasteiger partial charge in [-0.3, -0.25) is 0 Å². The van der Waals surface area contributed by atoms with Gasteiger partial charge in [-0.1, -0.05) is 29.5 Å². The molecule has 3 aromatic rings. The Balaban J connectivity index is 2.20. The number of aromatic nitrogens is 1. The zero-order valence-corrected chi connectivity index (χ0v) is 10.2. The molecule has 0 radical (unpaired) electrons. The Morgan fingerprint density at radius 3 is 2.78 bits per heavy atom. The first-order valence-electron chi connectivity index (χ1n) is 5.47. The van der Waals surface area contributed by atoms with E-state index in [-0.39, 0.29) is 0 Å². The lowest BCUT2D eigenvalue weighted by molar-refractivity contribution is -0.562. The Morgan fingerprint density at radius 1 is 1.11 bits per heavy atom. The quantitative estimate of drug-likeness (QED) is 0.716. The second-order valence-electron chi connectivity index (χ2n) is 3.92. The maximum Gasteiger partial charge on any atom is 0.335 e. The monoisotopic (exact) mass is 256 g/mol. The summed E-state index contributed by atoms with van der Waals surface area (Å²) in [5, 5.41) is 9.01. The molecule has 1 aromatic heterocycles. The molecule has 1 N–H and O–H groups in total. The number of aromatic carboxylic acids is 1. The smallest absolute Gasteiger partial charge is 0.335 e. The van der Waals surface area contributed by atoms with Crippen molar-refractivity contribution in [1.82, 2.24) is 0 Å². The number of thiazole rings is 1. The number of carbonyl (C=O) groups is 1. The van der Waals surface area contributed by atoms with E-state index in [4.69, 9.17) is 5.11 Å². The fourth-order valence-electron chi connectivity index (χ4n) is 1.91. The summed E-state index contributed by atoms with van der Waals surface area (Å²) >= 11 is 1.64. The molecule has 88 valence electrons. The standard InChI is InChI=1S/C14H9NO2S/c16-14(17)10-4-3-5-11(8-10)15-9-18-13-7-2-1-6-12(13)15/h1-9H/p+1. The summed E-state index contributed by atoms with van der Waals surface area (Å²) in [6, 6.07) is 15.0. The molecule has 0 aliphatic carbocycles. The Bertz CT molecular complexity index is 733. The van der Waals surface area contributed by atoms with E-state index >= 15 is 0 Å². The van der Waals surface area contributed by atoms with Crippen LogP contribution in [-0.4, -0.2) is 11.1 Å². The molecule has 3 rings (SSSR count). The Morgan fingerprint density at radius 2 is 1.94 bits per heavy atom. The fraction of sp³-hybridized carbons (Fsp3) is 0. The van der Waals surface area contributed by atoms with Crippen molar-refractivity contribution in [1.29, 1.82) is 0 Å². The zero-order chi connectivity index (χ0) is 12.5. The van der Waals surface area contributed by atoms with E-state index in [0.29, 0.717) is 5.56 Å². The zero-order valence-electron chi connectivity index (χ0n) is 9.41. The molecule has 3 nitrogen and oxygen atoms in total. The minimum absolute atomic E-state index is 0.301. The average Bonchev–Trinajstić information content (AvgIpc) is 2.82. The number of nitrogens with zero attached hydrogens (tertiary/aromatic N) is 1. The predicted octanol–water partition coefficient (Wildman–Crippen LogP) is 2.88. The van der Waals surface area contributed by atoms with Gasteiger partial charge in [-0.2, -0.15) is 0 Å². The van der Waals surface area contributed by atoms with Gasteiger partial charge in [-0.25, -0.2) is 4.79 Å². The third-order valence-corrected chi connectivity index (χ3v) is 3.70. The van der Waals surface area contributed by atoms with Crippen LogP contribution in [0.4, 0.5) is 0 Å². The van der Waals surface area contributed by atoms with Gasteiger partial charge in [0, 0.05) is 18.2 Å². The molecule has 0 bridgehead atoms. The van der Waals surface area contributed by atoms with Crippen LogP contribution in [0.1, 0.15) is 10.4 Å². The number of para-hydroxylation sites is 1. The highest BCUT2D eigenvalue weighted by Crippen LogP contribution is 2.17. The third kappa shape index (κ3) is 1.76. The lowest BCUT2D eigenvalue weighted by Gasteiger charge is -1.96. The fourth-order valence-corrected chi connectivity index (χ4v) is 2.81. The molecule has 0 aliphatic rings. The minimum Gasteiger partial charge on any atom is -0.478 e. The lowest BCUT2D eigenvalue weighted by atomic mass is 10.2. The molecule has 18 heavy (non-hydrogen) atoms. The number of benzene rings is 2. The molecule has 0 spiro atoms. The molecule has 0 saturated carbocycles. The number of carboxylic acids is 1. The van der Waals surface area contributed by atoms with Crippen molar-refractivity contribution in [2.75, 3.05) is 0 Å². The van der Waals surface area contributed by atoms with Crippen LogP contribution >= 0.6 is 11.3 Å². The van der Waals surface area contributed by atoms with Gasteiger partial charge in [-0.15, -0.1) is 4.57 Å². The van der Waals surface area contributed by atoms with E-state index in [1.54, 1.807) is 29.5 Å². The van der Waals surface area contributed by atoms with Gasteiger partial charge in [0.2, 0.25) is 16.7 Å². The summed E-state index contributed by atoms with van der Waals surface area (Å²) in [6.45, 7) is 0. The molecule has 0 unspecified atom stereocenters. The Labute approximate surface area is 108 Å². The van der Waals surface area contributed by atoms with E-state index in [1.165, 1.54) is 4.70 Å². The van der Waals surface area contributed by atoms with Gasteiger partial charge in [-0.05, 0) is 12.1 Å². The highest BCUT2D eigenvalue weighted by Gasteiger charge is 2.15. The van der Waals surface area contributed by atoms with Gasteiger partial charge in [0.05, 0.1) is 5.56 Å². The van der Waals surface area contributed by atoms with E-state index in [1.807, 2.05) is 34.3 Å². The first-order valence-corrected chi connectivity index (χ1v) is 6.35. The van der Waals surface area contributed by atoms with Crippen LogP contribution in [-0.2, 0) is 0 Å². The molecule has 0 atom stereocenters. The van der Waals surface area contributed by atoms with Crippen molar-refractivity contribution in [3.63, 3.8) is 0 Å². The SMILES string of the molecule is O=C(O)c1cccc(-[n+]2csc3ccccc32)c1. The lowest BCUT2D eigenvalue weighted by Crippen LogP contribution is -2.28. The van der Waals surface area contributed by atoms with Crippen LogP contribution in [0.5, 0.6) is 0 Å². The highest BCUT2D eigenvalue weighted by atomic mass is 32.1. The van der Waals surface area contributed by atoms with Crippen LogP contribution in [0.2, 0.25) is 0 Å². The van der Waals surface area contributed by atoms with Crippen molar-refractivity contribution in [2.24, 2.45) is 0 Å². The van der Waals surface area contributed by atoms with Crippen LogP contribution < -0.4 is 4.57 Å². The van der Waals surface area contributed by atoms with Crippen molar-refractivity contribution in [3.05, 3.63) is 59.6 Å². The summed E-state index contributed by atoms with van der Waals surface area (Å²) in [6.07, 6.45) is 0. The van der Waals surface area contributed by atoms with Crippen molar-refractivity contribution in [3.8, 4) is 5.69 Å². The summed E-state index contributed by atoms with van der Waals surface area (Å²) < 4.78 is 3.19. The first-order chi connectivity index (χ1) is 8.75. The third-order valence-electron chi connectivity index (χ3n) is 2.78. The van der Waals surface area contributed by atoms with Crippen LogP contribution in [0.25, 0.3) is 15.9 Å². The second-order valence-corrected chi connectivity index (χ2v) is 4.80. The molecule has 1 heterocycles. The Kier molecular flexibility index (Phi) is 2.57. The number of rotatable bonds is 2. The summed E-state index contributed by atoms with van der Waals surface area (Å²) in [5.74, 6) is -0.906. The largest absolute Gasteiger partial charge is 0.478 e. The number of fused-ring (bicyclic) bond motifs is 1. The molecule has 0 fully saturated rings. The van der Waals surface area contributed by atoms with Crippen molar-refractivity contribution in [2.45, 2.75) is 0 Å². The van der Waals surface area contributed by atoms with Gasteiger partial charge < -0.3 is 5.11 Å². The minimum atomic E-state index is -0.906. The van der Waals surface area contributed by atoms with E-state index in [9.17, 15) is 4.79 Å². The van der Waals surface area contributed by atoms with Crippen LogP contribution in [0, 0.1) is 0 Å². The van der Waals surface area contributed by atoms with Gasteiger partial charge in [0.1, 0.15) is 4.70 Å². The van der Waals surface area contributed by atoms with E-state index < -0.39 is 5.97 Å². The topological polar surface area (TPSA) is 41.2 Å². The number of carboxylic acid groups (broad SMARTS) is 1. The summed E-state index contributed by atoms with van der Waals surface area (Å²) in [7, 11) is 0. The van der Waals surface area contributed by atoms with Crippen LogP contribution in [0.3, 0.4) is 0 Å². The normalized spacial score (nSPS) is 10.7. The number of hydrogen-bond acceptors (Lipinski definition) is 2. The van der Waals surface area contributed by atoms with E-state index in [2.05, 4.69) is 6.07 Å². The van der Waals surface area contributed by atoms with Crippen molar-refractivity contribution < 1.29 is 14.5 Å². The molecule has 0 saturated heterocycles. The van der Waals surface area contributed by atoms with Crippen LogP contribution in [0.15, 0.2) is 54.0 Å². The maximum absolute atomic E-state index is 11.0. The molecule has 2 aromatic carbocycles. The predicted molar refractivity (Wildman–Crippen MR) is 70.3 cm³/mol. The summed E-state index contributed by atoms with van der Waals surface area (Å²) in [5.41, 5.74) is 4.25. The highest BCUT2D eigenvalue weighted by molar-refractivity contribution is 7.16. The van der Waals surface area contributed by atoms with E-state index in [0.717, 1.165) is 11.2 Å². The molecule has 4 heteroatoms. The Hall–Kier alpha value is -2.20. The van der Waals surface area contributed by atoms with Gasteiger partial charge in [0.25, 0.3) is 0 Å². The van der Waals surface area contributed by atoms with Gasteiger partial charge in [0.15, 0.2) is 0 Å². The summed E-state index contributed by atoms with van der Waals surface area (Å²) in [4.78, 5) is 11.0. The second kappa shape index (κ2) is 4.23. The first kappa shape index (κ1) is 10.9.